The van der Waals surface area contributed by atoms with E-state index in [0.29, 0.717) is 5.92 Å². The van der Waals surface area contributed by atoms with Crippen LogP contribution in [0.25, 0.3) is 21.5 Å². The monoisotopic (exact) mass is 408 g/mol. The molecule has 0 aliphatic carbocycles. The number of nitrogens with zero attached hydrogens (tertiary/aromatic N) is 1. The predicted octanol–water partition coefficient (Wildman–Crippen LogP) is 6.45. The molecule has 0 aliphatic rings. The smallest absolute Gasteiger partial charge is 0.247 e. The van der Waals surface area contributed by atoms with E-state index in [1.807, 2.05) is 43.3 Å². The number of nitrogens with one attached hydrogen (secondary N) is 1. The van der Waals surface area contributed by atoms with Crippen LogP contribution in [0.1, 0.15) is 43.4 Å². The molecule has 0 aliphatic heterocycles. The molecule has 3 nitrogen and oxygen atoms in total. The highest BCUT2D eigenvalue weighted by molar-refractivity contribution is 6.13. The lowest BCUT2D eigenvalue weighted by Crippen LogP contribution is -2.23. The second kappa shape index (κ2) is 9.13. The molecular weight excluding hydrogens is 380 g/mol. The fraction of sp³-hybridized carbons (Fsp3) is 0.214. The Kier molecular flexibility index (Phi) is 6.13. The maximum atomic E-state index is 12.7. The fourth-order valence-corrected chi connectivity index (χ4v) is 4.01. The molecule has 1 N–H and O–H groups in total. The van der Waals surface area contributed by atoms with E-state index < -0.39 is 0 Å². The summed E-state index contributed by atoms with van der Waals surface area (Å²) in [6, 6.07) is 27.0. The number of fused-ring (bicyclic) bond motifs is 2. The molecule has 1 unspecified atom stereocenters. The summed E-state index contributed by atoms with van der Waals surface area (Å²) in [6.45, 7) is 6.33. The summed E-state index contributed by atoms with van der Waals surface area (Å²) in [5, 5.41) is 8.87. The third-order valence-corrected chi connectivity index (χ3v) is 5.70. The van der Waals surface area contributed by atoms with Gasteiger partial charge in [0.15, 0.2) is 0 Å². The molecular formula is C28H28N2O. The zero-order valence-electron chi connectivity index (χ0n) is 18.3. The summed E-state index contributed by atoms with van der Waals surface area (Å²) in [5.74, 6) is 0.234. The number of rotatable bonds is 6. The molecule has 0 heterocycles. The van der Waals surface area contributed by atoms with Gasteiger partial charge in [0.2, 0.25) is 5.91 Å². The molecule has 0 saturated carbocycles. The van der Waals surface area contributed by atoms with Gasteiger partial charge in [-0.15, -0.1) is 0 Å². The molecule has 4 rings (SSSR count). The number of hydrogen-bond acceptors (Lipinski definition) is 2. The molecule has 0 saturated heterocycles. The Hall–Kier alpha value is -3.46. The van der Waals surface area contributed by atoms with Crippen LogP contribution in [-0.4, -0.2) is 12.1 Å². The van der Waals surface area contributed by atoms with Gasteiger partial charge < -0.3 is 0 Å². The average molecular weight is 409 g/mol. The first kappa shape index (κ1) is 20.8. The van der Waals surface area contributed by atoms with Crippen LogP contribution in [0.15, 0.2) is 84.0 Å². The number of benzene rings is 4. The van der Waals surface area contributed by atoms with Crippen LogP contribution in [-0.2, 0) is 11.2 Å². The van der Waals surface area contributed by atoms with Crippen molar-refractivity contribution >= 4 is 33.7 Å². The number of amides is 1. The minimum Gasteiger partial charge on any atom is -0.272 e. The minimum atomic E-state index is -0.269. The third-order valence-electron chi connectivity index (χ3n) is 5.70. The van der Waals surface area contributed by atoms with Gasteiger partial charge in [-0.05, 0) is 58.0 Å². The number of carbonyl (C=O) groups is 1. The molecule has 4 aromatic rings. The Labute approximate surface area is 183 Å². The van der Waals surface area contributed by atoms with Crippen LogP contribution in [0.4, 0.5) is 0 Å². The number of carbonyl (C=O) groups excluding carboxylic acids is 1. The molecule has 1 amide bonds. The van der Waals surface area contributed by atoms with Crippen LogP contribution in [0.3, 0.4) is 0 Å². The van der Waals surface area contributed by atoms with Gasteiger partial charge in [0.05, 0.1) is 12.1 Å². The Bertz CT molecular complexity index is 1190. The van der Waals surface area contributed by atoms with Crippen molar-refractivity contribution in [2.75, 3.05) is 0 Å². The molecule has 31 heavy (non-hydrogen) atoms. The van der Waals surface area contributed by atoms with E-state index in [-0.39, 0.29) is 11.8 Å². The lowest BCUT2D eigenvalue weighted by molar-refractivity contribution is -0.122. The standard InChI is InChI=1S/C28H28N2O/c1-19(2)16-21-12-14-22(15-13-21)20(3)28(31)30-29-18-27-25-10-6-4-8-23(25)17-24-9-5-7-11-26(24)27/h4-15,17-20H,16H2,1-3H3,(H,30,31). The molecule has 0 fully saturated rings. The van der Waals surface area contributed by atoms with Crippen molar-refractivity contribution in [3.05, 3.63) is 95.6 Å². The average Bonchev–Trinajstić information content (AvgIpc) is 2.78. The first-order valence-electron chi connectivity index (χ1n) is 10.8. The highest BCUT2D eigenvalue weighted by Crippen LogP contribution is 2.27. The summed E-state index contributed by atoms with van der Waals surface area (Å²) < 4.78 is 0. The predicted molar refractivity (Wildman–Crippen MR) is 131 cm³/mol. The Morgan fingerprint density at radius 2 is 1.45 bits per heavy atom. The lowest BCUT2D eigenvalue weighted by atomic mass is 9.96. The third kappa shape index (κ3) is 4.66. The van der Waals surface area contributed by atoms with Gasteiger partial charge in [-0.2, -0.15) is 5.10 Å². The molecule has 1 atom stereocenters. The van der Waals surface area contributed by atoms with E-state index in [1.165, 1.54) is 5.56 Å². The summed E-state index contributed by atoms with van der Waals surface area (Å²) in [5.41, 5.74) is 6.04. The van der Waals surface area contributed by atoms with Gasteiger partial charge >= 0.3 is 0 Å². The van der Waals surface area contributed by atoms with Crippen molar-refractivity contribution in [1.82, 2.24) is 5.43 Å². The van der Waals surface area contributed by atoms with E-state index >= 15 is 0 Å². The number of hydrogen-bond donors (Lipinski definition) is 1. The molecule has 4 aromatic carbocycles. The maximum Gasteiger partial charge on any atom is 0.247 e. The van der Waals surface area contributed by atoms with Gasteiger partial charge in [0, 0.05) is 5.56 Å². The van der Waals surface area contributed by atoms with Crippen LogP contribution < -0.4 is 5.43 Å². The van der Waals surface area contributed by atoms with Gasteiger partial charge in [0.25, 0.3) is 0 Å². The summed E-state index contributed by atoms with van der Waals surface area (Å²) >= 11 is 0. The summed E-state index contributed by atoms with van der Waals surface area (Å²) in [4.78, 5) is 12.7. The van der Waals surface area contributed by atoms with Crippen LogP contribution >= 0.6 is 0 Å². The molecule has 0 bridgehead atoms. The second-order valence-electron chi connectivity index (χ2n) is 8.53. The Balaban J connectivity index is 1.54. The first-order chi connectivity index (χ1) is 15.0. The quantitative estimate of drug-likeness (QED) is 0.222. The van der Waals surface area contributed by atoms with E-state index in [9.17, 15) is 4.79 Å². The van der Waals surface area contributed by atoms with Crippen molar-refractivity contribution in [2.24, 2.45) is 11.0 Å². The van der Waals surface area contributed by atoms with Gasteiger partial charge in [-0.25, -0.2) is 5.43 Å². The van der Waals surface area contributed by atoms with E-state index in [1.54, 1.807) is 6.21 Å². The molecule has 0 aromatic heterocycles. The fourth-order valence-electron chi connectivity index (χ4n) is 4.01. The highest BCUT2D eigenvalue weighted by atomic mass is 16.2. The van der Waals surface area contributed by atoms with E-state index in [4.69, 9.17) is 0 Å². The zero-order valence-corrected chi connectivity index (χ0v) is 18.3. The first-order valence-corrected chi connectivity index (χ1v) is 10.8. The van der Waals surface area contributed by atoms with Gasteiger partial charge in [0.1, 0.15) is 0 Å². The normalized spacial score (nSPS) is 12.6. The molecule has 0 radical (unpaired) electrons. The summed E-state index contributed by atoms with van der Waals surface area (Å²) in [6.07, 6.45) is 2.81. The van der Waals surface area contributed by atoms with E-state index in [0.717, 1.165) is 39.1 Å². The largest absolute Gasteiger partial charge is 0.272 e. The molecule has 3 heteroatoms. The van der Waals surface area contributed by atoms with Gasteiger partial charge in [-0.3, -0.25) is 4.79 Å². The lowest BCUT2D eigenvalue weighted by Gasteiger charge is -2.12. The number of hydrazone groups is 1. The van der Waals surface area contributed by atoms with Crippen molar-refractivity contribution < 1.29 is 4.79 Å². The van der Waals surface area contributed by atoms with E-state index in [2.05, 4.69) is 66.8 Å². The zero-order chi connectivity index (χ0) is 21.8. The molecule has 156 valence electrons. The van der Waals surface area contributed by atoms with Crippen molar-refractivity contribution in [2.45, 2.75) is 33.1 Å². The van der Waals surface area contributed by atoms with Crippen LogP contribution in [0.5, 0.6) is 0 Å². The highest BCUT2D eigenvalue weighted by Gasteiger charge is 2.15. The minimum absolute atomic E-state index is 0.114. The SMILES string of the molecule is CC(C)Cc1ccc(C(C)C(=O)NN=Cc2c3ccccc3cc3ccccc23)cc1. The van der Waals surface area contributed by atoms with Crippen LogP contribution in [0, 0.1) is 5.92 Å². The summed E-state index contributed by atoms with van der Waals surface area (Å²) in [7, 11) is 0. The van der Waals surface area contributed by atoms with Crippen LogP contribution in [0.2, 0.25) is 0 Å². The second-order valence-corrected chi connectivity index (χ2v) is 8.53. The topological polar surface area (TPSA) is 41.5 Å². The van der Waals surface area contributed by atoms with Crippen molar-refractivity contribution in [3.63, 3.8) is 0 Å². The Morgan fingerprint density at radius 3 is 2.03 bits per heavy atom. The van der Waals surface area contributed by atoms with Gasteiger partial charge in [-0.1, -0.05) is 86.6 Å². The Morgan fingerprint density at radius 1 is 0.871 bits per heavy atom. The van der Waals surface area contributed by atoms with Crippen molar-refractivity contribution in [1.29, 1.82) is 0 Å². The maximum absolute atomic E-state index is 12.7. The molecule has 0 spiro atoms. The van der Waals surface area contributed by atoms with Crippen molar-refractivity contribution in [3.8, 4) is 0 Å².